The normalized spacial score (nSPS) is 16.2. The molecule has 0 aliphatic carbocycles. The van der Waals surface area contributed by atoms with Crippen LogP contribution in [0.1, 0.15) is 22.9 Å². The quantitative estimate of drug-likeness (QED) is 0.702. The zero-order valence-corrected chi connectivity index (χ0v) is 15.3. The van der Waals surface area contributed by atoms with Gasteiger partial charge in [-0.3, -0.25) is 9.80 Å². The first-order valence-electron chi connectivity index (χ1n) is 9.06. The maximum atomic E-state index is 5.88. The number of hydrogen-bond acceptors (Lipinski definition) is 6. The highest BCUT2D eigenvalue weighted by atomic mass is 16.5. The molecule has 3 aromatic rings. The molecular weight excluding hydrogens is 328 g/mol. The molecule has 0 N–H and O–H groups in total. The summed E-state index contributed by atoms with van der Waals surface area (Å²) in [5.74, 6) is 2.55. The highest BCUT2D eigenvalue weighted by molar-refractivity contribution is 5.53. The van der Waals surface area contributed by atoms with Crippen LogP contribution < -0.4 is 0 Å². The van der Waals surface area contributed by atoms with Gasteiger partial charge in [0.05, 0.1) is 17.9 Å². The van der Waals surface area contributed by atoms with Crippen molar-refractivity contribution >= 4 is 0 Å². The third-order valence-electron chi connectivity index (χ3n) is 4.81. The van der Waals surface area contributed by atoms with Crippen LogP contribution in [0.2, 0.25) is 0 Å². The zero-order chi connectivity index (χ0) is 17.9. The first-order valence-corrected chi connectivity index (χ1v) is 9.06. The van der Waals surface area contributed by atoms with Gasteiger partial charge in [0.1, 0.15) is 5.76 Å². The fourth-order valence-electron chi connectivity index (χ4n) is 3.31. The molecule has 6 nitrogen and oxygen atoms in total. The van der Waals surface area contributed by atoms with E-state index in [1.165, 1.54) is 0 Å². The molecule has 0 bridgehead atoms. The summed E-state index contributed by atoms with van der Waals surface area (Å²) in [5, 5.41) is 3.96. The van der Waals surface area contributed by atoms with Gasteiger partial charge in [-0.2, -0.15) is 0 Å². The van der Waals surface area contributed by atoms with Crippen molar-refractivity contribution in [2.75, 3.05) is 26.2 Å². The lowest BCUT2D eigenvalue weighted by Crippen LogP contribution is -2.45. The standard InChI is InChI=1S/C20H24N4O2/c1-15-12-18(26-22-15)13-23-8-10-24(11-9-23)14-19-16(2)25-20(21-19)17-6-4-3-5-7-17/h3-7,12H,8-11,13-14H2,1-2H3. The Labute approximate surface area is 153 Å². The van der Waals surface area contributed by atoms with E-state index < -0.39 is 0 Å². The summed E-state index contributed by atoms with van der Waals surface area (Å²) in [6, 6.07) is 12.1. The lowest BCUT2D eigenvalue weighted by atomic mass is 10.2. The summed E-state index contributed by atoms with van der Waals surface area (Å²) in [6.07, 6.45) is 0. The van der Waals surface area contributed by atoms with Gasteiger partial charge in [0.2, 0.25) is 5.89 Å². The smallest absolute Gasteiger partial charge is 0.226 e. The third-order valence-corrected chi connectivity index (χ3v) is 4.81. The molecule has 4 rings (SSSR count). The number of benzene rings is 1. The van der Waals surface area contributed by atoms with Crippen molar-refractivity contribution in [2.24, 2.45) is 0 Å². The number of aromatic nitrogens is 2. The number of aryl methyl sites for hydroxylation is 2. The average molecular weight is 352 g/mol. The number of nitrogens with zero attached hydrogens (tertiary/aromatic N) is 4. The molecule has 0 atom stereocenters. The minimum Gasteiger partial charge on any atom is -0.441 e. The van der Waals surface area contributed by atoms with E-state index >= 15 is 0 Å². The Morgan fingerprint density at radius 1 is 0.962 bits per heavy atom. The van der Waals surface area contributed by atoms with Crippen molar-refractivity contribution in [1.29, 1.82) is 0 Å². The molecule has 1 fully saturated rings. The minimum atomic E-state index is 0.706. The van der Waals surface area contributed by atoms with E-state index in [2.05, 4.69) is 15.0 Å². The molecule has 6 heteroatoms. The van der Waals surface area contributed by atoms with E-state index in [0.717, 1.165) is 67.7 Å². The summed E-state index contributed by atoms with van der Waals surface area (Å²) < 4.78 is 11.2. The highest BCUT2D eigenvalue weighted by Gasteiger charge is 2.21. The topological polar surface area (TPSA) is 58.5 Å². The van der Waals surface area contributed by atoms with Crippen molar-refractivity contribution < 1.29 is 8.94 Å². The maximum absolute atomic E-state index is 5.88. The van der Waals surface area contributed by atoms with Crippen LogP contribution >= 0.6 is 0 Å². The molecular formula is C20H24N4O2. The molecule has 0 amide bonds. The van der Waals surface area contributed by atoms with Gasteiger partial charge in [0.15, 0.2) is 5.76 Å². The van der Waals surface area contributed by atoms with E-state index in [4.69, 9.17) is 13.9 Å². The Morgan fingerprint density at radius 2 is 1.65 bits per heavy atom. The van der Waals surface area contributed by atoms with E-state index in [1.807, 2.05) is 50.2 Å². The largest absolute Gasteiger partial charge is 0.441 e. The first kappa shape index (κ1) is 17.0. The molecule has 26 heavy (non-hydrogen) atoms. The minimum absolute atomic E-state index is 0.706. The Hall–Kier alpha value is -2.44. The molecule has 136 valence electrons. The molecule has 1 aliphatic rings. The summed E-state index contributed by atoms with van der Waals surface area (Å²) in [4.78, 5) is 9.56. The van der Waals surface area contributed by atoms with Crippen LogP contribution in [0, 0.1) is 13.8 Å². The molecule has 2 aromatic heterocycles. The summed E-state index contributed by atoms with van der Waals surface area (Å²) in [5.41, 5.74) is 2.99. The second-order valence-corrected chi connectivity index (χ2v) is 6.87. The van der Waals surface area contributed by atoms with Gasteiger partial charge in [-0.15, -0.1) is 0 Å². The fourth-order valence-corrected chi connectivity index (χ4v) is 3.31. The van der Waals surface area contributed by atoms with Crippen LogP contribution in [0.25, 0.3) is 11.5 Å². The number of piperazine rings is 1. The van der Waals surface area contributed by atoms with Gasteiger partial charge in [0.25, 0.3) is 0 Å². The lowest BCUT2D eigenvalue weighted by Gasteiger charge is -2.33. The monoisotopic (exact) mass is 352 g/mol. The van der Waals surface area contributed by atoms with Crippen molar-refractivity contribution in [3.63, 3.8) is 0 Å². The molecule has 0 radical (unpaired) electrons. The van der Waals surface area contributed by atoms with E-state index in [1.54, 1.807) is 0 Å². The lowest BCUT2D eigenvalue weighted by molar-refractivity contribution is 0.112. The Kier molecular flexibility index (Phi) is 4.86. The Balaban J connectivity index is 1.34. The van der Waals surface area contributed by atoms with Gasteiger partial charge in [-0.1, -0.05) is 23.4 Å². The molecule has 0 spiro atoms. The van der Waals surface area contributed by atoms with Crippen molar-refractivity contribution in [2.45, 2.75) is 26.9 Å². The van der Waals surface area contributed by atoms with E-state index in [9.17, 15) is 0 Å². The van der Waals surface area contributed by atoms with Crippen molar-refractivity contribution in [3.8, 4) is 11.5 Å². The Morgan fingerprint density at radius 3 is 2.31 bits per heavy atom. The highest BCUT2D eigenvalue weighted by Crippen LogP contribution is 2.22. The second-order valence-electron chi connectivity index (χ2n) is 6.87. The zero-order valence-electron chi connectivity index (χ0n) is 15.3. The van der Waals surface area contributed by atoms with Crippen LogP contribution in [0.4, 0.5) is 0 Å². The number of hydrogen-bond donors (Lipinski definition) is 0. The average Bonchev–Trinajstić information content (AvgIpc) is 3.23. The first-order chi connectivity index (χ1) is 12.7. The fraction of sp³-hybridized carbons (Fsp3) is 0.400. The molecule has 1 aliphatic heterocycles. The van der Waals surface area contributed by atoms with Gasteiger partial charge >= 0.3 is 0 Å². The Bertz CT molecular complexity index is 848. The summed E-state index contributed by atoms with van der Waals surface area (Å²) in [7, 11) is 0. The second kappa shape index (κ2) is 7.43. The maximum Gasteiger partial charge on any atom is 0.226 e. The van der Waals surface area contributed by atoms with Gasteiger partial charge in [-0.05, 0) is 26.0 Å². The van der Waals surface area contributed by atoms with Crippen LogP contribution in [0.5, 0.6) is 0 Å². The number of rotatable bonds is 5. The molecule has 3 heterocycles. The summed E-state index contributed by atoms with van der Waals surface area (Å²) >= 11 is 0. The van der Waals surface area contributed by atoms with Crippen LogP contribution in [0.15, 0.2) is 45.3 Å². The predicted octanol–water partition coefficient (Wildman–Crippen LogP) is 3.26. The van der Waals surface area contributed by atoms with Crippen molar-refractivity contribution in [1.82, 2.24) is 19.9 Å². The predicted molar refractivity (Wildman–Crippen MR) is 98.5 cm³/mol. The van der Waals surface area contributed by atoms with Gasteiger partial charge in [0, 0.05) is 44.4 Å². The number of oxazole rings is 1. The summed E-state index contributed by atoms with van der Waals surface area (Å²) in [6.45, 7) is 9.67. The molecule has 1 saturated heterocycles. The van der Waals surface area contributed by atoms with Gasteiger partial charge < -0.3 is 8.94 Å². The van der Waals surface area contributed by atoms with Crippen LogP contribution in [-0.2, 0) is 13.1 Å². The SMILES string of the molecule is Cc1cc(CN2CCN(Cc3nc(-c4ccccc4)oc3C)CC2)on1. The van der Waals surface area contributed by atoms with Crippen molar-refractivity contribution in [3.05, 3.63) is 59.3 Å². The van der Waals surface area contributed by atoms with Crippen LogP contribution in [-0.4, -0.2) is 46.1 Å². The van der Waals surface area contributed by atoms with Crippen LogP contribution in [0.3, 0.4) is 0 Å². The van der Waals surface area contributed by atoms with Gasteiger partial charge in [-0.25, -0.2) is 4.98 Å². The van der Waals surface area contributed by atoms with E-state index in [-0.39, 0.29) is 0 Å². The third kappa shape index (κ3) is 3.86. The molecule has 1 aromatic carbocycles. The molecule has 0 saturated carbocycles. The molecule has 0 unspecified atom stereocenters. The van der Waals surface area contributed by atoms with E-state index in [0.29, 0.717) is 5.89 Å².